The van der Waals surface area contributed by atoms with Gasteiger partial charge in [0.15, 0.2) is 0 Å². The number of rotatable bonds is 2. The summed E-state index contributed by atoms with van der Waals surface area (Å²) in [4.78, 5) is 26.2. The van der Waals surface area contributed by atoms with Gasteiger partial charge in [-0.05, 0) is 62.1 Å². The van der Waals surface area contributed by atoms with Crippen LogP contribution in [0, 0.1) is 0 Å². The number of aryl methyl sites for hydroxylation is 1. The maximum atomic E-state index is 12.9. The fourth-order valence-electron chi connectivity index (χ4n) is 5.86. The molecule has 2 N–H and O–H groups in total. The minimum atomic E-state index is 0.0231. The Morgan fingerprint density at radius 3 is 2.58 bits per heavy atom. The van der Waals surface area contributed by atoms with E-state index in [9.17, 15) is 4.79 Å². The number of anilines is 1. The summed E-state index contributed by atoms with van der Waals surface area (Å²) in [6, 6.07) is 11.0. The number of fused-ring (bicyclic) bond motifs is 5. The lowest BCUT2D eigenvalue weighted by molar-refractivity contribution is 0.0917. The van der Waals surface area contributed by atoms with Gasteiger partial charge in [0, 0.05) is 66.8 Å². The predicted octanol–water partition coefficient (Wildman–Crippen LogP) is 3.41. The molecule has 0 atom stereocenters. The summed E-state index contributed by atoms with van der Waals surface area (Å²) in [5.74, 6) is 0.114. The van der Waals surface area contributed by atoms with Gasteiger partial charge in [-0.2, -0.15) is 0 Å². The molecule has 1 amide bonds. The zero-order chi connectivity index (χ0) is 22.2. The Bertz CT molecular complexity index is 1260. The molecule has 2 aliphatic carbocycles. The number of nitrogens with one attached hydrogen (secondary N) is 2. The van der Waals surface area contributed by atoms with Crippen molar-refractivity contribution in [2.45, 2.75) is 37.6 Å². The highest BCUT2D eigenvalue weighted by Gasteiger charge is 2.49. The summed E-state index contributed by atoms with van der Waals surface area (Å²) in [6.45, 7) is 4.36. The normalized spacial score (nSPS) is 20.8. The number of carbonyl (C=O) groups is 1. The van der Waals surface area contributed by atoms with Gasteiger partial charge in [0.1, 0.15) is 0 Å². The molecule has 168 valence electrons. The van der Waals surface area contributed by atoms with Gasteiger partial charge in [0.05, 0.1) is 17.0 Å². The van der Waals surface area contributed by atoms with E-state index in [-0.39, 0.29) is 11.4 Å². The average Bonchev–Trinajstić information content (AvgIpc) is 3.45. The van der Waals surface area contributed by atoms with E-state index in [4.69, 9.17) is 4.98 Å². The van der Waals surface area contributed by atoms with Crippen molar-refractivity contribution in [2.24, 2.45) is 0 Å². The second kappa shape index (κ2) is 6.94. The van der Waals surface area contributed by atoms with Crippen molar-refractivity contribution in [1.82, 2.24) is 20.2 Å². The van der Waals surface area contributed by atoms with Crippen LogP contribution in [0.15, 0.2) is 36.5 Å². The summed E-state index contributed by atoms with van der Waals surface area (Å²) in [6.07, 6.45) is 6.98. The van der Waals surface area contributed by atoms with E-state index >= 15 is 0 Å². The number of aromatic amines is 1. The van der Waals surface area contributed by atoms with Gasteiger partial charge in [0.2, 0.25) is 0 Å². The first kappa shape index (κ1) is 19.4. The molecule has 0 unspecified atom stereocenters. The van der Waals surface area contributed by atoms with E-state index in [2.05, 4.69) is 57.5 Å². The van der Waals surface area contributed by atoms with Crippen molar-refractivity contribution < 1.29 is 4.79 Å². The number of H-pyrrole nitrogens is 1. The highest BCUT2D eigenvalue weighted by atomic mass is 16.2. The zero-order valence-corrected chi connectivity index (χ0v) is 19.1. The maximum Gasteiger partial charge on any atom is 0.253 e. The molecule has 2 aromatic heterocycles. The lowest BCUT2D eigenvalue weighted by Gasteiger charge is -2.34. The van der Waals surface area contributed by atoms with Crippen LogP contribution in [0.5, 0.6) is 0 Å². The fourth-order valence-corrected chi connectivity index (χ4v) is 5.86. The Morgan fingerprint density at radius 1 is 1.03 bits per heavy atom. The van der Waals surface area contributed by atoms with E-state index in [0.29, 0.717) is 0 Å². The van der Waals surface area contributed by atoms with Crippen molar-refractivity contribution in [1.29, 1.82) is 0 Å². The smallest absolute Gasteiger partial charge is 0.253 e. The van der Waals surface area contributed by atoms with Crippen molar-refractivity contribution in [3.05, 3.63) is 58.9 Å². The number of pyridine rings is 1. The molecule has 7 rings (SSSR count). The minimum absolute atomic E-state index is 0.0231. The van der Waals surface area contributed by atoms with E-state index in [1.807, 2.05) is 6.20 Å². The largest absolute Gasteiger partial charge is 0.369 e. The molecule has 1 saturated carbocycles. The number of likely N-dealkylation sites (N-methyl/N-ethyl adjacent to an activating group) is 1. The molecule has 33 heavy (non-hydrogen) atoms. The highest BCUT2D eigenvalue weighted by Crippen LogP contribution is 2.45. The second-order valence-corrected chi connectivity index (χ2v) is 10.3. The van der Waals surface area contributed by atoms with Crippen molar-refractivity contribution in [3.63, 3.8) is 0 Å². The van der Waals surface area contributed by atoms with Gasteiger partial charge in [-0.1, -0.05) is 12.1 Å². The summed E-state index contributed by atoms with van der Waals surface area (Å²) in [5, 5.41) is 3.28. The third-order valence-corrected chi connectivity index (χ3v) is 8.09. The molecule has 0 bridgehead atoms. The quantitative estimate of drug-likeness (QED) is 0.642. The monoisotopic (exact) mass is 439 g/mol. The number of nitrogens with zero attached hydrogens (tertiary/aromatic N) is 3. The van der Waals surface area contributed by atoms with Crippen molar-refractivity contribution in [3.8, 4) is 22.5 Å². The lowest BCUT2D eigenvalue weighted by Crippen LogP contribution is -2.44. The maximum absolute atomic E-state index is 12.9. The van der Waals surface area contributed by atoms with Gasteiger partial charge >= 0.3 is 0 Å². The topological polar surface area (TPSA) is 64.3 Å². The Kier molecular flexibility index (Phi) is 4.07. The molecule has 1 saturated heterocycles. The molecule has 1 spiro atoms. The number of amides is 1. The second-order valence-electron chi connectivity index (χ2n) is 10.3. The molecule has 2 aliphatic heterocycles. The molecule has 4 heterocycles. The molecule has 6 nitrogen and oxygen atoms in total. The minimum Gasteiger partial charge on any atom is -0.369 e. The van der Waals surface area contributed by atoms with Crippen LogP contribution >= 0.6 is 0 Å². The Labute approximate surface area is 194 Å². The third-order valence-electron chi connectivity index (χ3n) is 8.09. The van der Waals surface area contributed by atoms with Gasteiger partial charge in [-0.25, -0.2) is 0 Å². The van der Waals surface area contributed by atoms with Gasteiger partial charge in [0.25, 0.3) is 5.91 Å². The first-order chi connectivity index (χ1) is 16.1. The SMILES string of the molecule is CN1CCN(c2ccc(-c3cc4c(cn3)CCc3c-4[nH]c4c3C(=O)NC3(CC3)C4)cc2)CC1. The van der Waals surface area contributed by atoms with E-state index in [1.54, 1.807) is 0 Å². The predicted molar refractivity (Wildman–Crippen MR) is 130 cm³/mol. The fraction of sp³-hybridized carbons (Fsp3) is 0.407. The van der Waals surface area contributed by atoms with Gasteiger partial charge in [-0.15, -0.1) is 0 Å². The van der Waals surface area contributed by atoms with Gasteiger partial charge < -0.3 is 20.1 Å². The first-order valence-electron chi connectivity index (χ1n) is 12.2. The Morgan fingerprint density at radius 2 is 1.82 bits per heavy atom. The molecular formula is C27H29N5O. The van der Waals surface area contributed by atoms with Crippen LogP contribution in [0.2, 0.25) is 0 Å². The Balaban J connectivity index is 1.22. The Hall–Kier alpha value is -3.12. The summed E-state index contributed by atoms with van der Waals surface area (Å²) >= 11 is 0. The molecule has 0 radical (unpaired) electrons. The average molecular weight is 440 g/mol. The number of hydrogen-bond acceptors (Lipinski definition) is 4. The molecule has 1 aromatic carbocycles. The molecule has 4 aliphatic rings. The summed E-state index contributed by atoms with van der Waals surface area (Å²) in [7, 11) is 2.19. The molecule has 3 aromatic rings. The summed E-state index contributed by atoms with van der Waals surface area (Å²) in [5.41, 5.74) is 10.2. The van der Waals surface area contributed by atoms with Gasteiger partial charge in [-0.3, -0.25) is 9.78 Å². The van der Waals surface area contributed by atoms with Crippen LogP contribution in [0.1, 0.15) is 40.0 Å². The van der Waals surface area contributed by atoms with E-state index < -0.39 is 0 Å². The number of benzene rings is 1. The lowest BCUT2D eigenvalue weighted by atomic mass is 9.87. The van der Waals surface area contributed by atoms with Crippen LogP contribution in [-0.4, -0.2) is 59.5 Å². The number of carbonyl (C=O) groups excluding carboxylic acids is 1. The van der Waals surface area contributed by atoms with Crippen LogP contribution < -0.4 is 10.2 Å². The molecule has 6 heteroatoms. The molecular weight excluding hydrogens is 410 g/mol. The van der Waals surface area contributed by atoms with Crippen molar-refractivity contribution in [2.75, 3.05) is 38.1 Å². The number of aromatic nitrogens is 2. The van der Waals surface area contributed by atoms with Crippen LogP contribution in [0.25, 0.3) is 22.5 Å². The zero-order valence-electron chi connectivity index (χ0n) is 19.1. The summed E-state index contributed by atoms with van der Waals surface area (Å²) < 4.78 is 0. The third kappa shape index (κ3) is 3.11. The standard InChI is InChI=1S/C27H29N5O/c1-31-10-12-32(13-11-31)19-5-2-17(3-6-19)22-14-21-18(16-28-22)4-7-20-24-23(29-25(20)21)15-27(8-9-27)30-26(24)33/h2-3,5-6,14,16,29H,4,7-13,15H2,1H3,(H,30,33). The number of hydrogen-bond donors (Lipinski definition) is 2. The van der Waals surface area contributed by atoms with Crippen LogP contribution in [0.3, 0.4) is 0 Å². The number of piperazine rings is 1. The molecule has 2 fully saturated rings. The van der Waals surface area contributed by atoms with E-state index in [0.717, 1.165) is 86.5 Å². The highest BCUT2D eigenvalue weighted by molar-refractivity contribution is 6.01. The first-order valence-corrected chi connectivity index (χ1v) is 12.2. The van der Waals surface area contributed by atoms with Crippen molar-refractivity contribution >= 4 is 11.6 Å². The van der Waals surface area contributed by atoms with E-state index in [1.165, 1.54) is 22.4 Å². The van der Waals surface area contributed by atoms with Crippen LogP contribution in [0.4, 0.5) is 5.69 Å². The van der Waals surface area contributed by atoms with Crippen LogP contribution in [-0.2, 0) is 19.3 Å².